The van der Waals surface area contributed by atoms with Crippen LogP contribution in [0.15, 0.2) is 48.5 Å². The molecule has 0 saturated carbocycles. The summed E-state index contributed by atoms with van der Waals surface area (Å²) in [5.41, 5.74) is 2.21. The molecule has 0 aliphatic heterocycles. The van der Waals surface area contributed by atoms with Crippen molar-refractivity contribution in [1.29, 1.82) is 0 Å². The molecule has 0 saturated heterocycles. The largest absolute Gasteiger partial charge is 0.544 e. The van der Waals surface area contributed by atoms with Gasteiger partial charge in [-0.15, -0.1) is 0 Å². The Hall–Kier alpha value is -1.65. The van der Waals surface area contributed by atoms with Crippen molar-refractivity contribution in [2.45, 2.75) is 136 Å². The summed E-state index contributed by atoms with van der Waals surface area (Å²) in [5, 5.41) is 0.517. The van der Waals surface area contributed by atoms with Crippen molar-refractivity contribution in [2.24, 2.45) is 5.41 Å². The van der Waals surface area contributed by atoms with Gasteiger partial charge in [0.05, 0.1) is 6.61 Å². The molecule has 0 aromatic heterocycles. The topological polar surface area (TPSA) is 36.9 Å². The van der Waals surface area contributed by atoms with Crippen molar-refractivity contribution >= 4 is 37.1 Å². The van der Waals surface area contributed by atoms with Crippen LogP contribution in [0.25, 0.3) is 12.2 Å². The van der Waals surface area contributed by atoms with Gasteiger partial charge in [-0.1, -0.05) is 106 Å². The van der Waals surface area contributed by atoms with Gasteiger partial charge in [-0.25, -0.2) is 0 Å². The lowest BCUT2D eigenvalue weighted by atomic mass is 9.84. The van der Waals surface area contributed by atoms with Crippen LogP contribution in [0.3, 0.4) is 0 Å². The summed E-state index contributed by atoms with van der Waals surface area (Å²) in [7, 11) is -5.64. The standard InChI is InChI=1S/C39H68O4Si3/c1-17-39(30-41-44(11,12)36(2,3)4,31-42-45(13,14)37(5,6)7)28-29-40-34-24-20-32(21-25-34)18-19-33-22-26-35(27-23-33)43-46(15,16)38(8,9)10/h18-27H,17,28-31H2,1-16H3/b19-18+. The average Bonchev–Trinajstić information content (AvgIpc) is 2.93. The van der Waals surface area contributed by atoms with Crippen LogP contribution in [-0.4, -0.2) is 44.8 Å². The Morgan fingerprint density at radius 1 is 0.543 bits per heavy atom. The Kier molecular flexibility index (Phi) is 13.5. The molecular formula is C39H68O4Si3. The minimum atomic E-state index is -1.90. The molecule has 0 bridgehead atoms. The third-order valence-corrected chi connectivity index (χ3v) is 24.5. The van der Waals surface area contributed by atoms with E-state index in [0.29, 0.717) is 19.8 Å². The molecule has 0 unspecified atom stereocenters. The van der Waals surface area contributed by atoms with Crippen molar-refractivity contribution < 1.29 is 18.0 Å². The minimum Gasteiger partial charge on any atom is -0.544 e. The molecule has 4 nitrogen and oxygen atoms in total. The second kappa shape index (κ2) is 15.3. The minimum absolute atomic E-state index is 0.0843. The van der Waals surface area contributed by atoms with Crippen LogP contribution in [0.1, 0.15) is 93.2 Å². The van der Waals surface area contributed by atoms with Crippen molar-refractivity contribution in [3.05, 3.63) is 59.7 Å². The van der Waals surface area contributed by atoms with Crippen molar-refractivity contribution in [2.75, 3.05) is 19.8 Å². The lowest BCUT2D eigenvalue weighted by molar-refractivity contribution is 0.0416. The van der Waals surface area contributed by atoms with E-state index in [-0.39, 0.29) is 20.5 Å². The molecule has 2 aromatic carbocycles. The summed E-state index contributed by atoms with van der Waals surface area (Å²) in [6, 6.07) is 16.8. The maximum absolute atomic E-state index is 6.83. The zero-order chi connectivity index (χ0) is 35.2. The Bertz CT molecular complexity index is 1210. The molecule has 46 heavy (non-hydrogen) atoms. The summed E-state index contributed by atoms with van der Waals surface area (Å²) in [4.78, 5) is 0. The van der Waals surface area contributed by atoms with E-state index in [1.807, 2.05) is 0 Å². The predicted molar refractivity (Wildman–Crippen MR) is 209 cm³/mol. The van der Waals surface area contributed by atoms with Crippen LogP contribution in [-0.2, 0) is 8.85 Å². The van der Waals surface area contributed by atoms with Crippen LogP contribution in [0.5, 0.6) is 11.5 Å². The first-order valence-electron chi connectivity index (χ1n) is 17.3. The Morgan fingerprint density at radius 3 is 1.26 bits per heavy atom. The van der Waals surface area contributed by atoms with Crippen LogP contribution >= 0.6 is 0 Å². The van der Waals surface area contributed by atoms with E-state index >= 15 is 0 Å². The van der Waals surface area contributed by atoms with Crippen LogP contribution in [0, 0.1) is 5.41 Å². The molecule has 260 valence electrons. The summed E-state index contributed by atoms with van der Waals surface area (Å²) in [6.45, 7) is 38.9. The highest BCUT2D eigenvalue weighted by Gasteiger charge is 2.43. The van der Waals surface area contributed by atoms with Crippen molar-refractivity contribution in [3.8, 4) is 11.5 Å². The molecular weight excluding hydrogens is 617 g/mol. The lowest BCUT2D eigenvalue weighted by Gasteiger charge is -2.44. The fraction of sp³-hybridized carbons (Fsp3) is 0.641. The molecule has 7 heteroatoms. The Labute approximate surface area is 287 Å². The summed E-state index contributed by atoms with van der Waals surface area (Å²) in [6.07, 6.45) is 6.18. The highest BCUT2D eigenvalue weighted by atomic mass is 28.4. The predicted octanol–water partition coefficient (Wildman–Crippen LogP) is 12.4. The Morgan fingerprint density at radius 2 is 0.913 bits per heavy atom. The number of ether oxygens (including phenoxy) is 1. The number of hydrogen-bond donors (Lipinski definition) is 0. The van der Waals surface area contributed by atoms with Gasteiger partial charge in [0.15, 0.2) is 16.6 Å². The number of rotatable bonds is 15. The first kappa shape index (κ1) is 40.5. The number of benzene rings is 2. The van der Waals surface area contributed by atoms with E-state index in [1.165, 1.54) is 0 Å². The molecule has 0 heterocycles. The van der Waals surface area contributed by atoms with Gasteiger partial charge < -0.3 is 18.0 Å². The van der Waals surface area contributed by atoms with E-state index < -0.39 is 25.0 Å². The maximum atomic E-state index is 6.83. The van der Waals surface area contributed by atoms with Gasteiger partial charge in [-0.05, 0) is 103 Å². The fourth-order valence-corrected chi connectivity index (χ4v) is 7.25. The van der Waals surface area contributed by atoms with E-state index in [4.69, 9.17) is 18.0 Å². The quantitative estimate of drug-likeness (QED) is 0.138. The smallest absolute Gasteiger partial charge is 0.250 e. The van der Waals surface area contributed by atoms with Crippen LogP contribution < -0.4 is 9.16 Å². The average molecular weight is 685 g/mol. The second-order valence-electron chi connectivity index (χ2n) is 17.9. The zero-order valence-corrected chi connectivity index (χ0v) is 35.4. The van der Waals surface area contributed by atoms with Crippen LogP contribution in [0.2, 0.25) is 54.4 Å². The van der Waals surface area contributed by atoms with Crippen molar-refractivity contribution in [1.82, 2.24) is 0 Å². The third kappa shape index (κ3) is 11.5. The van der Waals surface area contributed by atoms with E-state index in [2.05, 4.69) is 169 Å². The molecule has 0 aliphatic carbocycles. The Balaban J connectivity index is 2.07. The highest BCUT2D eigenvalue weighted by molar-refractivity contribution is 6.75. The molecule has 0 N–H and O–H groups in total. The van der Waals surface area contributed by atoms with E-state index in [0.717, 1.165) is 35.5 Å². The normalized spacial score (nSPS) is 14.2. The first-order chi connectivity index (χ1) is 20.8. The molecule has 0 radical (unpaired) electrons. The van der Waals surface area contributed by atoms with Gasteiger partial charge in [0.2, 0.25) is 8.32 Å². The molecule has 2 aromatic rings. The van der Waals surface area contributed by atoms with Crippen LogP contribution in [0.4, 0.5) is 0 Å². The first-order valence-corrected chi connectivity index (χ1v) is 26.0. The monoisotopic (exact) mass is 684 g/mol. The molecule has 0 spiro atoms. The van der Waals surface area contributed by atoms with Gasteiger partial charge in [-0.2, -0.15) is 0 Å². The molecule has 0 amide bonds. The van der Waals surface area contributed by atoms with E-state index in [1.54, 1.807) is 0 Å². The van der Waals surface area contributed by atoms with Gasteiger partial charge in [0.25, 0.3) is 0 Å². The second-order valence-corrected chi connectivity index (χ2v) is 32.2. The molecule has 0 fully saturated rings. The van der Waals surface area contributed by atoms with E-state index in [9.17, 15) is 0 Å². The highest BCUT2D eigenvalue weighted by Crippen LogP contribution is 2.42. The maximum Gasteiger partial charge on any atom is 0.250 e. The molecule has 0 atom stereocenters. The molecule has 2 rings (SSSR count). The van der Waals surface area contributed by atoms with Crippen molar-refractivity contribution in [3.63, 3.8) is 0 Å². The van der Waals surface area contributed by atoms with Gasteiger partial charge in [0.1, 0.15) is 11.5 Å². The summed E-state index contributed by atoms with van der Waals surface area (Å²) < 4.78 is 26.4. The van der Waals surface area contributed by atoms with Gasteiger partial charge in [0, 0.05) is 18.6 Å². The number of hydrogen-bond acceptors (Lipinski definition) is 4. The fourth-order valence-electron chi connectivity index (χ4n) is 4.01. The summed E-state index contributed by atoms with van der Waals surface area (Å²) in [5.74, 6) is 1.85. The van der Waals surface area contributed by atoms with Gasteiger partial charge in [-0.3, -0.25) is 0 Å². The lowest BCUT2D eigenvalue weighted by Crippen LogP contribution is -2.48. The summed E-state index contributed by atoms with van der Waals surface area (Å²) >= 11 is 0. The SMILES string of the molecule is CCC(CCOc1ccc(/C=C/c2ccc(O[Si](C)(C)C(C)(C)C)cc2)cc1)(CO[Si](C)(C)C(C)(C)C)CO[Si](C)(C)C(C)(C)C. The molecule has 0 aliphatic rings. The zero-order valence-electron chi connectivity index (χ0n) is 32.4. The third-order valence-electron chi connectivity index (χ3n) is 11.1. The van der Waals surface area contributed by atoms with Gasteiger partial charge >= 0.3 is 0 Å².